The van der Waals surface area contributed by atoms with Gasteiger partial charge in [0.15, 0.2) is 5.11 Å². The summed E-state index contributed by atoms with van der Waals surface area (Å²) in [6.45, 7) is 1.81. The first-order chi connectivity index (χ1) is 10.9. The second-order valence-corrected chi connectivity index (χ2v) is 5.43. The van der Waals surface area contributed by atoms with Gasteiger partial charge in [-0.3, -0.25) is 0 Å². The highest BCUT2D eigenvalue weighted by atomic mass is 32.1. The Labute approximate surface area is 140 Å². The van der Waals surface area contributed by atoms with Crippen LogP contribution in [0.2, 0.25) is 0 Å². The van der Waals surface area contributed by atoms with Crippen molar-refractivity contribution in [2.75, 3.05) is 21.3 Å². The molecule has 1 atom stereocenters. The van der Waals surface area contributed by atoms with Crippen molar-refractivity contribution in [3.8, 4) is 0 Å². The SMILES string of the molecule is COC(=O)C1=C(C)N(C)C(=S)N[C@H]1c1ccc(C(=O)OC)cc1. The van der Waals surface area contributed by atoms with Crippen LogP contribution in [0, 0.1) is 0 Å². The molecule has 2 rings (SSSR count). The van der Waals surface area contributed by atoms with Gasteiger partial charge in [0.25, 0.3) is 0 Å². The van der Waals surface area contributed by atoms with E-state index in [9.17, 15) is 9.59 Å². The minimum Gasteiger partial charge on any atom is -0.466 e. The number of carbonyl (C=O) groups excluding carboxylic acids is 2. The summed E-state index contributed by atoms with van der Waals surface area (Å²) >= 11 is 5.30. The van der Waals surface area contributed by atoms with Gasteiger partial charge in [-0.25, -0.2) is 9.59 Å². The van der Waals surface area contributed by atoms with Crippen LogP contribution in [-0.4, -0.2) is 43.2 Å². The molecule has 0 saturated heterocycles. The van der Waals surface area contributed by atoms with E-state index in [0.717, 1.165) is 11.3 Å². The number of ether oxygens (including phenoxy) is 2. The molecule has 0 aromatic heterocycles. The Balaban J connectivity index is 2.45. The monoisotopic (exact) mass is 334 g/mol. The second kappa shape index (κ2) is 6.78. The van der Waals surface area contributed by atoms with Gasteiger partial charge in [-0.05, 0) is 36.8 Å². The Bertz CT molecular complexity index is 682. The zero-order chi connectivity index (χ0) is 17.1. The smallest absolute Gasteiger partial charge is 0.337 e. The van der Waals surface area contributed by atoms with Crippen LogP contribution in [-0.2, 0) is 14.3 Å². The van der Waals surface area contributed by atoms with E-state index in [4.69, 9.17) is 17.0 Å². The van der Waals surface area contributed by atoms with Gasteiger partial charge in [0, 0.05) is 12.7 Å². The third kappa shape index (κ3) is 3.19. The molecule has 1 aromatic rings. The molecule has 0 bridgehead atoms. The molecule has 1 aliphatic heterocycles. The van der Waals surface area contributed by atoms with Gasteiger partial charge < -0.3 is 19.7 Å². The largest absolute Gasteiger partial charge is 0.466 e. The molecule has 0 fully saturated rings. The van der Waals surface area contributed by atoms with Crippen molar-refractivity contribution in [3.05, 3.63) is 46.7 Å². The summed E-state index contributed by atoms with van der Waals surface area (Å²) in [4.78, 5) is 25.4. The van der Waals surface area contributed by atoms with E-state index in [-0.39, 0.29) is 0 Å². The van der Waals surface area contributed by atoms with Crippen LogP contribution >= 0.6 is 12.2 Å². The van der Waals surface area contributed by atoms with Crippen molar-refractivity contribution in [1.29, 1.82) is 0 Å². The molecular formula is C16H18N2O4S. The Morgan fingerprint density at radius 3 is 2.22 bits per heavy atom. The van der Waals surface area contributed by atoms with E-state index in [2.05, 4.69) is 10.1 Å². The molecule has 23 heavy (non-hydrogen) atoms. The Kier molecular flexibility index (Phi) is 5.00. The summed E-state index contributed by atoms with van der Waals surface area (Å²) in [5.41, 5.74) is 2.44. The van der Waals surface area contributed by atoms with Crippen molar-refractivity contribution in [2.45, 2.75) is 13.0 Å². The fourth-order valence-electron chi connectivity index (χ4n) is 2.39. The molecule has 1 aliphatic rings. The molecule has 7 heteroatoms. The molecule has 0 radical (unpaired) electrons. The van der Waals surface area contributed by atoms with Crippen LogP contribution in [0.1, 0.15) is 28.9 Å². The van der Waals surface area contributed by atoms with E-state index >= 15 is 0 Å². The molecule has 0 aliphatic carbocycles. The third-order valence-corrected chi connectivity index (χ3v) is 4.22. The highest BCUT2D eigenvalue weighted by molar-refractivity contribution is 7.80. The topological polar surface area (TPSA) is 67.9 Å². The number of esters is 2. The predicted molar refractivity (Wildman–Crippen MR) is 88.7 cm³/mol. The fraction of sp³-hybridized carbons (Fsp3) is 0.312. The lowest BCUT2D eigenvalue weighted by atomic mass is 9.94. The minimum absolute atomic E-state index is 0.414. The van der Waals surface area contributed by atoms with Crippen LogP contribution < -0.4 is 5.32 Å². The number of methoxy groups -OCH3 is 2. The maximum absolute atomic E-state index is 12.2. The molecule has 122 valence electrons. The van der Waals surface area contributed by atoms with Crippen LogP contribution in [0.3, 0.4) is 0 Å². The predicted octanol–water partition coefficient (Wildman–Crippen LogP) is 1.78. The first-order valence-electron chi connectivity index (χ1n) is 6.92. The average Bonchev–Trinajstić information content (AvgIpc) is 2.58. The number of hydrogen-bond donors (Lipinski definition) is 1. The fourth-order valence-corrected chi connectivity index (χ4v) is 2.64. The zero-order valence-electron chi connectivity index (χ0n) is 13.4. The highest BCUT2D eigenvalue weighted by Crippen LogP contribution is 2.30. The van der Waals surface area contributed by atoms with Gasteiger partial charge in [-0.2, -0.15) is 0 Å². The average molecular weight is 334 g/mol. The summed E-state index contributed by atoms with van der Waals surface area (Å²) in [6.07, 6.45) is 0. The summed E-state index contributed by atoms with van der Waals surface area (Å²) in [5.74, 6) is -0.838. The van der Waals surface area contributed by atoms with Crippen molar-refractivity contribution < 1.29 is 19.1 Å². The number of carbonyl (C=O) groups is 2. The lowest BCUT2D eigenvalue weighted by Crippen LogP contribution is -2.46. The first-order valence-corrected chi connectivity index (χ1v) is 7.33. The molecule has 1 N–H and O–H groups in total. The normalized spacial score (nSPS) is 17.7. The number of rotatable bonds is 3. The minimum atomic E-state index is -0.433. The van der Waals surface area contributed by atoms with E-state index in [0.29, 0.717) is 16.2 Å². The van der Waals surface area contributed by atoms with Crippen LogP contribution in [0.15, 0.2) is 35.5 Å². The lowest BCUT2D eigenvalue weighted by molar-refractivity contribution is -0.136. The Morgan fingerprint density at radius 2 is 1.70 bits per heavy atom. The van der Waals surface area contributed by atoms with Crippen molar-refractivity contribution in [1.82, 2.24) is 10.2 Å². The number of allylic oxidation sites excluding steroid dienone is 1. The summed E-state index contributed by atoms with van der Waals surface area (Å²) in [7, 11) is 4.45. The third-order valence-electron chi connectivity index (χ3n) is 3.82. The molecular weight excluding hydrogens is 316 g/mol. The van der Waals surface area contributed by atoms with Gasteiger partial charge in [-0.1, -0.05) is 12.1 Å². The van der Waals surface area contributed by atoms with E-state index in [1.807, 2.05) is 6.92 Å². The van der Waals surface area contributed by atoms with Gasteiger partial charge in [0.1, 0.15) is 0 Å². The molecule has 1 heterocycles. The van der Waals surface area contributed by atoms with Crippen molar-refractivity contribution >= 4 is 29.3 Å². The Morgan fingerprint density at radius 1 is 1.13 bits per heavy atom. The quantitative estimate of drug-likeness (QED) is 0.667. The van der Waals surface area contributed by atoms with Gasteiger partial charge in [0.2, 0.25) is 0 Å². The van der Waals surface area contributed by atoms with Crippen LogP contribution in [0.4, 0.5) is 0 Å². The number of nitrogens with zero attached hydrogens (tertiary/aromatic N) is 1. The standard InChI is InChI=1S/C16H18N2O4S/c1-9-12(15(20)22-4)13(17-16(23)18(9)2)10-5-7-11(8-6-10)14(19)21-3/h5-8,13H,1-4H3,(H,17,23)/t13-/m0/s1. The molecule has 0 saturated carbocycles. The number of benzene rings is 1. The van der Waals surface area contributed by atoms with E-state index in [1.165, 1.54) is 14.2 Å². The van der Waals surface area contributed by atoms with Crippen LogP contribution in [0.25, 0.3) is 0 Å². The van der Waals surface area contributed by atoms with E-state index in [1.54, 1.807) is 36.2 Å². The van der Waals surface area contributed by atoms with Gasteiger partial charge in [0.05, 0.1) is 31.4 Å². The maximum atomic E-state index is 12.2. The molecule has 6 nitrogen and oxygen atoms in total. The van der Waals surface area contributed by atoms with Crippen molar-refractivity contribution in [3.63, 3.8) is 0 Å². The summed E-state index contributed by atoms with van der Waals surface area (Å²) < 4.78 is 9.57. The highest BCUT2D eigenvalue weighted by Gasteiger charge is 2.33. The molecule has 0 spiro atoms. The van der Waals surface area contributed by atoms with Crippen LogP contribution in [0.5, 0.6) is 0 Å². The second-order valence-electron chi connectivity index (χ2n) is 5.05. The van der Waals surface area contributed by atoms with Gasteiger partial charge >= 0.3 is 11.9 Å². The number of nitrogens with one attached hydrogen (secondary N) is 1. The summed E-state index contributed by atoms with van der Waals surface area (Å²) in [5, 5.41) is 3.63. The summed E-state index contributed by atoms with van der Waals surface area (Å²) in [6, 6.07) is 6.38. The molecule has 1 aromatic carbocycles. The first kappa shape index (κ1) is 17.0. The molecule has 0 unspecified atom stereocenters. The number of hydrogen-bond acceptors (Lipinski definition) is 5. The Hall–Kier alpha value is -2.41. The zero-order valence-corrected chi connectivity index (χ0v) is 14.2. The van der Waals surface area contributed by atoms with Gasteiger partial charge in [-0.15, -0.1) is 0 Å². The lowest BCUT2D eigenvalue weighted by Gasteiger charge is -2.35. The van der Waals surface area contributed by atoms with Crippen molar-refractivity contribution in [2.24, 2.45) is 0 Å². The molecule has 0 amide bonds. The maximum Gasteiger partial charge on any atom is 0.337 e. The number of thiocarbonyl (C=S) groups is 1. The van der Waals surface area contributed by atoms with E-state index < -0.39 is 18.0 Å².